The molecule has 4 rings (SSSR count). The van der Waals surface area contributed by atoms with E-state index >= 15 is 0 Å². The van der Waals surface area contributed by atoms with Crippen molar-refractivity contribution in [3.63, 3.8) is 0 Å². The number of ether oxygens (including phenoxy) is 2. The van der Waals surface area contributed by atoms with Crippen molar-refractivity contribution in [2.75, 3.05) is 26.2 Å². The molecule has 170 valence electrons. The van der Waals surface area contributed by atoms with Gasteiger partial charge in [-0.25, -0.2) is 0 Å². The first-order valence-corrected chi connectivity index (χ1v) is 10.5. The fraction of sp³-hybridized carbons (Fsp3) is 0.348. The van der Waals surface area contributed by atoms with Crippen LogP contribution in [0.25, 0.3) is 0 Å². The fourth-order valence-corrected chi connectivity index (χ4v) is 4.08. The number of hydrogen-bond acceptors (Lipinski definition) is 4. The van der Waals surface area contributed by atoms with Crippen molar-refractivity contribution in [3.8, 4) is 0 Å². The van der Waals surface area contributed by atoms with Crippen molar-refractivity contribution in [2.24, 2.45) is 0 Å². The number of carbonyl (C=O) groups is 1. The highest BCUT2D eigenvalue weighted by Gasteiger charge is 2.36. The molecule has 0 spiro atoms. The molecule has 0 radical (unpaired) electrons. The first-order chi connectivity index (χ1) is 15.3. The van der Waals surface area contributed by atoms with Gasteiger partial charge in [0.1, 0.15) is 0 Å². The van der Waals surface area contributed by atoms with E-state index in [4.69, 9.17) is 21.1 Å². The Bertz CT molecular complexity index is 998. The minimum atomic E-state index is -4.47. The summed E-state index contributed by atoms with van der Waals surface area (Å²) in [6.45, 7) is 1.91. The van der Waals surface area contributed by atoms with Crippen LogP contribution in [0.15, 0.2) is 60.2 Å². The maximum Gasteiger partial charge on any atom is 0.416 e. The van der Waals surface area contributed by atoms with E-state index in [1.165, 1.54) is 6.07 Å². The molecule has 2 aliphatic rings. The number of alkyl halides is 3. The maximum absolute atomic E-state index is 13.1. The lowest BCUT2D eigenvalue weighted by Crippen LogP contribution is -2.47. The van der Waals surface area contributed by atoms with Crippen LogP contribution in [0.2, 0.25) is 5.02 Å². The van der Waals surface area contributed by atoms with Gasteiger partial charge in [0.15, 0.2) is 6.29 Å². The van der Waals surface area contributed by atoms with Gasteiger partial charge in [0, 0.05) is 30.7 Å². The van der Waals surface area contributed by atoms with Gasteiger partial charge in [-0.2, -0.15) is 13.2 Å². The summed E-state index contributed by atoms with van der Waals surface area (Å²) < 4.78 is 51.2. The molecule has 9 heteroatoms. The van der Waals surface area contributed by atoms with Crippen LogP contribution >= 0.6 is 11.6 Å². The van der Waals surface area contributed by atoms with Crippen LogP contribution in [0.5, 0.6) is 0 Å². The van der Waals surface area contributed by atoms with E-state index in [2.05, 4.69) is 10.2 Å². The van der Waals surface area contributed by atoms with Crippen molar-refractivity contribution in [2.45, 2.75) is 25.1 Å². The van der Waals surface area contributed by atoms with Gasteiger partial charge >= 0.3 is 6.18 Å². The SMILES string of the molecule is O=C1C=C(CN2CCO[C@H](OCc3cc(C(F)(F)F)ccc3Cl)[C@@H]2c2ccccc2)CN1. The molecule has 0 bridgehead atoms. The zero-order valence-electron chi connectivity index (χ0n) is 17.1. The molecule has 2 aliphatic heterocycles. The Balaban J connectivity index is 1.55. The highest BCUT2D eigenvalue weighted by molar-refractivity contribution is 6.31. The fourth-order valence-electron chi connectivity index (χ4n) is 3.91. The molecule has 1 amide bonds. The Labute approximate surface area is 188 Å². The summed E-state index contributed by atoms with van der Waals surface area (Å²) >= 11 is 6.13. The minimum Gasteiger partial charge on any atom is -0.349 e. The molecule has 1 N–H and O–H groups in total. The molecule has 0 aromatic heterocycles. The average Bonchev–Trinajstić information content (AvgIpc) is 3.17. The van der Waals surface area contributed by atoms with Gasteiger partial charge in [-0.3, -0.25) is 9.69 Å². The van der Waals surface area contributed by atoms with Crippen LogP contribution in [0.3, 0.4) is 0 Å². The standard InChI is InChI=1S/C23H22ClF3N2O3/c24-19-7-6-18(23(25,26)27)11-17(19)14-32-22-21(16-4-2-1-3-5-16)29(8-9-31-22)13-15-10-20(30)28-12-15/h1-7,10-11,21-22H,8-9,12-14H2,(H,28,30)/t21-,22+/m0/s1. The van der Waals surface area contributed by atoms with Crippen molar-refractivity contribution in [3.05, 3.63) is 81.9 Å². The molecular formula is C23H22ClF3N2O3. The monoisotopic (exact) mass is 466 g/mol. The highest BCUT2D eigenvalue weighted by Crippen LogP contribution is 2.34. The number of benzene rings is 2. The van der Waals surface area contributed by atoms with E-state index in [1.54, 1.807) is 6.08 Å². The van der Waals surface area contributed by atoms with Crippen LogP contribution in [0.4, 0.5) is 13.2 Å². The van der Waals surface area contributed by atoms with Crippen molar-refractivity contribution >= 4 is 17.5 Å². The van der Waals surface area contributed by atoms with Gasteiger partial charge in [0.25, 0.3) is 0 Å². The van der Waals surface area contributed by atoms with Crippen molar-refractivity contribution in [1.29, 1.82) is 0 Å². The summed E-state index contributed by atoms with van der Waals surface area (Å²) in [7, 11) is 0. The van der Waals surface area contributed by atoms with Crippen LogP contribution < -0.4 is 5.32 Å². The van der Waals surface area contributed by atoms with Crippen LogP contribution in [0.1, 0.15) is 22.7 Å². The van der Waals surface area contributed by atoms with Gasteiger partial charge < -0.3 is 14.8 Å². The number of amides is 1. The summed E-state index contributed by atoms with van der Waals surface area (Å²) in [5.41, 5.74) is 1.36. The molecule has 2 atom stereocenters. The number of halogens is 4. The number of rotatable bonds is 6. The second-order valence-electron chi connectivity index (χ2n) is 7.70. The normalized spacial score (nSPS) is 22.0. The third-order valence-corrected chi connectivity index (χ3v) is 5.83. The van der Waals surface area contributed by atoms with E-state index < -0.39 is 18.0 Å². The smallest absolute Gasteiger partial charge is 0.349 e. The summed E-state index contributed by atoms with van der Waals surface area (Å²) in [4.78, 5) is 13.7. The van der Waals surface area contributed by atoms with Gasteiger partial charge in [-0.05, 0) is 34.9 Å². The number of hydrogen-bond donors (Lipinski definition) is 1. The molecule has 5 nitrogen and oxygen atoms in total. The number of carbonyl (C=O) groups excluding carboxylic acids is 1. The lowest BCUT2D eigenvalue weighted by molar-refractivity contribution is -0.215. The quantitative estimate of drug-likeness (QED) is 0.688. The van der Waals surface area contributed by atoms with E-state index in [0.29, 0.717) is 26.2 Å². The first-order valence-electron chi connectivity index (χ1n) is 10.2. The number of nitrogens with zero attached hydrogens (tertiary/aromatic N) is 1. The summed E-state index contributed by atoms with van der Waals surface area (Å²) in [6, 6.07) is 12.5. The number of nitrogens with one attached hydrogen (secondary N) is 1. The Kier molecular flexibility index (Phi) is 6.85. The molecule has 0 saturated carbocycles. The lowest BCUT2D eigenvalue weighted by atomic mass is 10.0. The molecule has 32 heavy (non-hydrogen) atoms. The third kappa shape index (κ3) is 5.32. The molecule has 1 saturated heterocycles. The molecule has 2 aromatic carbocycles. The van der Waals surface area contributed by atoms with E-state index in [1.807, 2.05) is 30.3 Å². The van der Waals surface area contributed by atoms with Gasteiger partial charge in [0.2, 0.25) is 5.91 Å². The zero-order chi connectivity index (χ0) is 22.7. The summed E-state index contributed by atoms with van der Waals surface area (Å²) in [5, 5.41) is 2.96. The molecule has 0 unspecified atom stereocenters. The minimum absolute atomic E-state index is 0.114. The van der Waals surface area contributed by atoms with Crippen LogP contribution in [0, 0.1) is 0 Å². The summed E-state index contributed by atoms with van der Waals surface area (Å²) in [6.07, 6.45) is -3.59. The lowest BCUT2D eigenvalue weighted by Gasteiger charge is -2.41. The predicted molar refractivity (Wildman–Crippen MR) is 113 cm³/mol. The first kappa shape index (κ1) is 22.8. The topological polar surface area (TPSA) is 50.8 Å². The van der Waals surface area contributed by atoms with Gasteiger partial charge in [-0.1, -0.05) is 41.9 Å². The van der Waals surface area contributed by atoms with Gasteiger partial charge in [0.05, 0.1) is 24.8 Å². The summed E-state index contributed by atoms with van der Waals surface area (Å²) in [5.74, 6) is -0.114. The molecular weight excluding hydrogens is 445 g/mol. The molecule has 0 aliphatic carbocycles. The van der Waals surface area contributed by atoms with E-state index in [9.17, 15) is 18.0 Å². The van der Waals surface area contributed by atoms with Crippen LogP contribution in [-0.2, 0) is 27.1 Å². The maximum atomic E-state index is 13.1. The third-order valence-electron chi connectivity index (χ3n) is 5.46. The number of morpholine rings is 1. The average molecular weight is 467 g/mol. The second-order valence-corrected chi connectivity index (χ2v) is 8.11. The Morgan fingerprint density at radius 3 is 2.66 bits per heavy atom. The van der Waals surface area contributed by atoms with E-state index in [0.717, 1.165) is 23.3 Å². The highest BCUT2D eigenvalue weighted by atomic mass is 35.5. The van der Waals surface area contributed by atoms with E-state index in [-0.39, 0.29) is 29.1 Å². The molecule has 2 heterocycles. The molecule has 2 aromatic rings. The van der Waals surface area contributed by atoms with Crippen LogP contribution in [-0.4, -0.2) is 43.3 Å². The van der Waals surface area contributed by atoms with Gasteiger partial charge in [-0.15, -0.1) is 0 Å². The molecule has 1 fully saturated rings. The Hall–Kier alpha value is -2.39. The second kappa shape index (κ2) is 9.62. The Morgan fingerprint density at radius 1 is 1.19 bits per heavy atom. The largest absolute Gasteiger partial charge is 0.416 e. The predicted octanol–water partition coefficient (Wildman–Crippen LogP) is 4.33. The zero-order valence-corrected chi connectivity index (χ0v) is 17.8. The Morgan fingerprint density at radius 2 is 1.97 bits per heavy atom. The van der Waals surface area contributed by atoms with Crippen molar-refractivity contribution in [1.82, 2.24) is 10.2 Å². The van der Waals surface area contributed by atoms with Crippen molar-refractivity contribution < 1.29 is 27.4 Å².